The van der Waals surface area contributed by atoms with E-state index in [0.717, 1.165) is 6.92 Å². The van der Waals surface area contributed by atoms with Crippen molar-refractivity contribution in [1.82, 2.24) is 0 Å². The van der Waals surface area contributed by atoms with Gasteiger partial charge in [0.25, 0.3) is 0 Å². The minimum Gasteiger partial charge on any atom is -0.479 e. The molecule has 0 aromatic rings. The zero-order valence-electron chi connectivity index (χ0n) is 19.7. The average molecular weight is 544 g/mol. The van der Waals surface area contributed by atoms with E-state index in [4.69, 9.17) is 28.4 Å². The molecule has 0 aromatic heterocycles. The Morgan fingerprint density at radius 2 is 1.32 bits per heavy atom. The van der Waals surface area contributed by atoms with Crippen LogP contribution in [0, 0.1) is 0 Å². The highest BCUT2D eigenvalue weighted by Crippen LogP contribution is 2.33. The number of carbonyl (C=O) groups is 2. The molecule has 3 fully saturated rings. The number of esters is 1. The van der Waals surface area contributed by atoms with Crippen LogP contribution in [0.2, 0.25) is 0 Å². The smallest absolute Gasteiger partial charge is 0.336 e. The molecule has 214 valence electrons. The van der Waals surface area contributed by atoms with E-state index in [1.54, 1.807) is 0 Å². The predicted octanol–water partition coefficient (Wildman–Crippen LogP) is -5.88. The lowest BCUT2D eigenvalue weighted by Crippen LogP contribution is -2.67. The second-order valence-electron chi connectivity index (χ2n) is 8.94. The molecular weight excluding hydrogens is 512 g/mol. The molecule has 0 amide bonds. The molecule has 0 aliphatic carbocycles. The lowest BCUT2D eigenvalue weighted by molar-refractivity contribution is -0.374. The summed E-state index contributed by atoms with van der Waals surface area (Å²) in [5, 5.41) is 90.8. The Hall–Kier alpha value is -1.58. The summed E-state index contributed by atoms with van der Waals surface area (Å²) in [6.45, 7) is 1.45. The Bertz CT molecular complexity index is 781. The molecule has 15 unspecified atom stereocenters. The maximum absolute atomic E-state index is 12.0. The van der Waals surface area contributed by atoms with Crippen LogP contribution in [0.5, 0.6) is 0 Å². The number of aliphatic carboxylic acids is 1. The molecule has 0 radical (unpaired) electrons. The minimum atomic E-state index is -2.07. The van der Waals surface area contributed by atoms with Crippen molar-refractivity contribution < 1.29 is 84.0 Å². The Balaban J connectivity index is 1.91. The van der Waals surface area contributed by atoms with E-state index < -0.39 is 111 Å². The van der Waals surface area contributed by atoms with Crippen molar-refractivity contribution in [3.8, 4) is 0 Å². The van der Waals surface area contributed by atoms with Crippen LogP contribution in [0.1, 0.15) is 13.8 Å². The van der Waals surface area contributed by atoms with Gasteiger partial charge in [0.15, 0.2) is 31.1 Å². The first-order chi connectivity index (χ1) is 17.3. The summed E-state index contributed by atoms with van der Waals surface area (Å²) in [6, 6.07) is 0. The first-order valence-corrected chi connectivity index (χ1v) is 11.3. The molecule has 17 heteroatoms. The van der Waals surface area contributed by atoms with Gasteiger partial charge < -0.3 is 74.4 Å². The first-order valence-electron chi connectivity index (χ1n) is 11.3. The van der Waals surface area contributed by atoms with E-state index in [9.17, 15) is 55.5 Å². The highest BCUT2D eigenvalue weighted by atomic mass is 16.8. The molecule has 0 bridgehead atoms. The van der Waals surface area contributed by atoms with E-state index in [-0.39, 0.29) is 0 Å². The molecule has 9 N–H and O–H groups in total. The Kier molecular flexibility index (Phi) is 9.78. The summed E-state index contributed by atoms with van der Waals surface area (Å²) in [5.41, 5.74) is 0. The molecule has 15 atom stereocenters. The monoisotopic (exact) mass is 544 g/mol. The molecule has 3 saturated heterocycles. The molecule has 3 heterocycles. The number of aliphatic hydroxyl groups is 8. The number of rotatable bonds is 7. The van der Waals surface area contributed by atoms with Crippen molar-refractivity contribution in [3.63, 3.8) is 0 Å². The standard InChI is InChI=1S/C20H32O17/c1-4-7(23)13(11(27)18(31)32-4)35-20-12(28)14(15(33-5(2)22)16(37-20)17(29)30)36-19-10(26)9(25)8(24)6(3-21)34-19/h4,6-16,18-21,23-28,31H,3H2,1-2H3,(H,29,30). The van der Waals surface area contributed by atoms with Crippen LogP contribution in [0.25, 0.3) is 0 Å². The zero-order chi connectivity index (χ0) is 27.8. The number of ether oxygens (including phenoxy) is 6. The largest absolute Gasteiger partial charge is 0.479 e. The molecule has 0 aromatic carbocycles. The average Bonchev–Trinajstić information content (AvgIpc) is 2.83. The fourth-order valence-electron chi connectivity index (χ4n) is 4.28. The Morgan fingerprint density at radius 3 is 1.89 bits per heavy atom. The summed E-state index contributed by atoms with van der Waals surface area (Å²) >= 11 is 0. The fraction of sp³-hybridized carbons (Fsp3) is 0.900. The number of aliphatic hydroxyl groups excluding tert-OH is 8. The van der Waals surface area contributed by atoms with Gasteiger partial charge in [0.1, 0.15) is 54.9 Å². The topological polar surface area (TPSA) is 272 Å². The van der Waals surface area contributed by atoms with Gasteiger partial charge in [-0.25, -0.2) is 4.79 Å². The maximum atomic E-state index is 12.0. The van der Waals surface area contributed by atoms with Crippen molar-refractivity contribution in [1.29, 1.82) is 0 Å². The summed E-state index contributed by atoms with van der Waals surface area (Å²) in [4.78, 5) is 23.7. The normalized spacial score (nSPS) is 48.9. The number of carboxylic acids is 1. The fourth-order valence-corrected chi connectivity index (χ4v) is 4.28. The lowest BCUT2D eigenvalue weighted by Gasteiger charge is -2.47. The third-order valence-corrected chi connectivity index (χ3v) is 6.30. The second-order valence-corrected chi connectivity index (χ2v) is 8.94. The first kappa shape index (κ1) is 30.0. The van der Waals surface area contributed by atoms with Gasteiger partial charge in [-0.15, -0.1) is 0 Å². The Morgan fingerprint density at radius 1 is 0.730 bits per heavy atom. The summed E-state index contributed by atoms with van der Waals surface area (Å²) in [7, 11) is 0. The van der Waals surface area contributed by atoms with Gasteiger partial charge in [-0.3, -0.25) is 4.79 Å². The maximum Gasteiger partial charge on any atom is 0.336 e. The van der Waals surface area contributed by atoms with Crippen LogP contribution >= 0.6 is 0 Å². The third-order valence-electron chi connectivity index (χ3n) is 6.30. The van der Waals surface area contributed by atoms with Crippen molar-refractivity contribution >= 4 is 11.9 Å². The summed E-state index contributed by atoms with van der Waals surface area (Å²) in [5.74, 6) is -2.73. The molecule has 3 rings (SSSR count). The van der Waals surface area contributed by atoms with Crippen LogP contribution in [0.3, 0.4) is 0 Å². The van der Waals surface area contributed by atoms with Gasteiger partial charge in [0.05, 0.1) is 12.7 Å². The Labute approximate surface area is 209 Å². The van der Waals surface area contributed by atoms with Crippen molar-refractivity contribution in [2.24, 2.45) is 0 Å². The molecule has 37 heavy (non-hydrogen) atoms. The highest BCUT2D eigenvalue weighted by molar-refractivity contribution is 5.74. The van der Waals surface area contributed by atoms with Gasteiger partial charge in [0, 0.05) is 6.92 Å². The highest BCUT2D eigenvalue weighted by Gasteiger charge is 2.56. The number of carboxylic acid groups (broad SMARTS) is 1. The number of hydrogen-bond donors (Lipinski definition) is 9. The van der Waals surface area contributed by atoms with Gasteiger partial charge in [-0.05, 0) is 6.92 Å². The summed E-state index contributed by atoms with van der Waals surface area (Å²) in [6.07, 6.45) is -26.8. The third kappa shape index (κ3) is 6.19. The van der Waals surface area contributed by atoms with E-state index in [2.05, 4.69) is 0 Å². The molecular formula is C20H32O17. The molecule has 3 aliphatic heterocycles. The van der Waals surface area contributed by atoms with Crippen molar-refractivity contribution in [2.45, 2.75) is 106 Å². The van der Waals surface area contributed by atoms with Gasteiger partial charge >= 0.3 is 11.9 Å². The SMILES string of the molecule is CC(=O)OC1C(C(=O)O)OC(OC2C(O)C(C)OC(O)C2O)C(O)C1OC1OC(CO)C(O)C(O)C1O. The second kappa shape index (κ2) is 12.1. The van der Waals surface area contributed by atoms with E-state index in [1.807, 2.05) is 0 Å². The predicted molar refractivity (Wildman–Crippen MR) is 110 cm³/mol. The molecule has 3 aliphatic rings. The van der Waals surface area contributed by atoms with Gasteiger partial charge in [0.2, 0.25) is 0 Å². The number of hydrogen-bond acceptors (Lipinski definition) is 16. The summed E-state index contributed by atoms with van der Waals surface area (Å²) < 4.78 is 31.4. The van der Waals surface area contributed by atoms with Crippen LogP contribution in [-0.4, -0.2) is 157 Å². The van der Waals surface area contributed by atoms with Crippen LogP contribution < -0.4 is 0 Å². The van der Waals surface area contributed by atoms with Gasteiger partial charge in [-0.2, -0.15) is 0 Å². The molecule has 0 saturated carbocycles. The van der Waals surface area contributed by atoms with Crippen LogP contribution in [-0.2, 0) is 38.0 Å². The lowest BCUT2D eigenvalue weighted by atomic mass is 9.95. The minimum absolute atomic E-state index is 0.821. The van der Waals surface area contributed by atoms with E-state index in [1.165, 1.54) is 6.92 Å². The zero-order valence-corrected chi connectivity index (χ0v) is 19.7. The van der Waals surface area contributed by atoms with Crippen molar-refractivity contribution in [2.75, 3.05) is 6.61 Å². The molecule has 0 spiro atoms. The quantitative estimate of drug-likeness (QED) is 0.135. The van der Waals surface area contributed by atoms with Crippen LogP contribution in [0.15, 0.2) is 0 Å². The number of carbonyl (C=O) groups excluding carboxylic acids is 1. The van der Waals surface area contributed by atoms with E-state index >= 15 is 0 Å². The van der Waals surface area contributed by atoms with E-state index in [0.29, 0.717) is 0 Å². The van der Waals surface area contributed by atoms with Crippen LogP contribution in [0.4, 0.5) is 0 Å². The molecule has 17 nitrogen and oxygen atoms in total. The van der Waals surface area contributed by atoms with Gasteiger partial charge in [-0.1, -0.05) is 0 Å². The van der Waals surface area contributed by atoms with Crippen molar-refractivity contribution in [3.05, 3.63) is 0 Å².